The van der Waals surface area contributed by atoms with Crippen molar-refractivity contribution in [2.75, 3.05) is 32.8 Å². The zero-order valence-corrected chi connectivity index (χ0v) is 11.4. The van der Waals surface area contributed by atoms with E-state index in [1.54, 1.807) is 6.92 Å². The second-order valence-electron chi connectivity index (χ2n) is 4.46. The van der Waals surface area contributed by atoms with Gasteiger partial charge in [-0.25, -0.2) is 13.1 Å². The first-order chi connectivity index (χ1) is 8.33. The van der Waals surface area contributed by atoms with Gasteiger partial charge in [-0.1, -0.05) is 0 Å². The van der Waals surface area contributed by atoms with E-state index in [4.69, 9.17) is 9.84 Å². The molecular weight excluding hydrogens is 260 g/mol. The summed E-state index contributed by atoms with van der Waals surface area (Å²) in [5.74, 6) is -1.35. The van der Waals surface area contributed by atoms with Crippen LogP contribution in [0.2, 0.25) is 0 Å². The maximum Gasteiger partial charge on any atom is 0.323 e. The molecule has 0 aromatic rings. The highest BCUT2D eigenvalue weighted by molar-refractivity contribution is 7.90. The predicted octanol–water partition coefficient (Wildman–Crippen LogP) is -0.900. The molecule has 7 nitrogen and oxygen atoms in total. The van der Waals surface area contributed by atoms with Gasteiger partial charge >= 0.3 is 5.97 Å². The molecule has 2 atom stereocenters. The van der Waals surface area contributed by atoms with Crippen LogP contribution in [0.4, 0.5) is 0 Å². The maximum absolute atomic E-state index is 11.7. The van der Waals surface area contributed by atoms with E-state index >= 15 is 0 Å². The highest BCUT2D eigenvalue weighted by Crippen LogP contribution is 2.03. The van der Waals surface area contributed by atoms with Crippen molar-refractivity contribution in [2.45, 2.75) is 25.1 Å². The van der Waals surface area contributed by atoms with Crippen LogP contribution in [0, 0.1) is 0 Å². The third-order valence-electron chi connectivity index (χ3n) is 2.81. The van der Waals surface area contributed by atoms with Gasteiger partial charge in [0.15, 0.2) is 5.25 Å². The van der Waals surface area contributed by atoms with Crippen LogP contribution in [-0.2, 0) is 19.6 Å². The van der Waals surface area contributed by atoms with Crippen LogP contribution in [-0.4, -0.2) is 68.5 Å². The minimum atomic E-state index is -3.82. The molecule has 1 aliphatic heterocycles. The average molecular weight is 280 g/mol. The van der Waals surface area contributed by atoms with Crippen LogP contribution in [0.15, 0.2) is 0 Å². The molecule has 106 valence electrons. The summed E-state index contributed by atoms with van der Waals surface area (Å²) < 4.78 is 31.0. The number of nitrogens with zero attached hydrogens (tertiary/aromatic N) is 1. The fraction of sp³-hybridized carbons (Fsp3) is 0.900. The van der Waals surface area contributed by atoms with E-state index in [9.17, 15) is 13.2 Å². The van der Waals surface area contributed by atoms with E-state index in [0.29, 0.717) is 19.8 Å². The van der Waals surface area contributed by atoms with E-state index in [2.05, 4.69) is 9.62 Å². The molecule has 0 aliphatic carbocycles. The Morgan fingerprint density at radius 1 is 1.39 bits per heavy atom. The number of carbonyl (C=O) groups is 1. The van der Waals surface area contributed by atoms with Gasteiger partial charge in [0.2, 0.25) is 10.0 Å². The van der Waals surface area contributed by atoms with Crippen molar-refractivity contribution in [1.82, 2.24) is 9.62 Å². The fourth-order valence-corrected chi connectivity index (χ4v) is 2.83. The summed E-state index contributed by atoms with van der Waals surface area (Å²) in [5, 5.41) is 7.27. The summed E-state index contributed by atoms with van der Waals surface area (Å²) in [5.41, 5.74) is 0. The summed E-state index contributed by atoms with van der Waals surface area (Å²) in [6.45, 7) is 6.25. The molecule has 0 bridgehead atoms. The molecule has 2 N–H and O–H groups in total. The van der Waals surface area contributed by atoms with E-state index in [0.717, 1.165) is 20.0 Å². The number of ether oxygens (including phenoxy) is 1. The quantitative estimate of drug-likeness (QED) is 0.654. The van der Waals surface area contributed by atoms with E-state index < -0.39 is 21.2 Å². The summed E-state index contributed by atoms with van der Waals surface area (Å²) >= 11 is 0. The first-order valence-corrected chi connectivity index (χ1v) is 7.41. The second kappa shape index (κ2) is 6.46. The molecule has 0 amide bonds. The van der Waals surface area contributed by atoms with Gasteiger partial charge in [0.25, 0.3) is 0 Å². The monoisotopic (exact) mass is 280 g/mol. The van der Waals surface area contributed by atoms with Crippen molar-refractivity contribution in [3.8, 4) is 0 Å². The molecule has 1 aliphatic rings. The molecular formula is C10H20N2O5S. The summed E-state index contributed by atoms with van der Waals surface area (Å²) in [6, 6.07) is -0.324. The molecule has 0 saturated carbocycles. The van der Waals surface area contributed by atoms with Crippen LogP contribution in [0.5, 0.6) is 0 Å². The third kappa shape index (κ3) is 4.52. The highest BCUT2D eigenvalue weighted by atomic mass is 32.2. The number of morpholine rings is 1. The van der Waals surface area contributed by atoms with Gasteiger partial charge in [-0.3, -0.25) is 9.69 Å². The van der Waals surface area contributed by atoms with Crippen molar-refractivity contribution in [3.63, 3.8) is 0 Å². The molecule has 2 unspecified atom stereocenters. The SMILES string of the molecule is CC(CN1CCOCC1)NS(=O)(=O)C(C)C(=O)O. The van der Waals surface area contributed by atoms with Gasteiger partial charge in [0.1, 0.15) is 0 Å². The van der Waals surface area contributed by atoms with Crippen LogP contribution >= 0.6 is 0 Å². The molecule has 18 heavy (non-hydrogen) atoms. The number of hydrogen-bond donors (Lipinski definition) is 2. The normalized spacial score (nSPS) is 21.4. The van der Waals surface area contributed by atoms with E-state index in [-0.39, 0.29) is 6.04 Å². The van der Waals surface area contributed by atoms with Gasteiger partial charge in [0, 0.05) is 25.7 Å². The van der Waals surface area contributed by atoms with Crippen molar-refractivity contribution < 1.29 is 23.1 Å². The van der Waals surface area contributed by atoms with Crippen molar-refractivity contribution >= 4 is 16.0 Å². The Hall–Kier alpha value is -0.700. The topological polar surface area (TPSA) is 95.9 Å². The van der Waals surface area contributed by atoms with Crippen LogP contribution in [0.1, 0.15) is 13.8 Å². The molecule has 0 aromatic carbocycles. The molecule has 0 aromatic heterocycles. The molecule has 8 heteroatoms. The lowest BCUT2D eigenvalue weighted by Crippen LogP contribution is -2.48. The molecule has 1 heterocycles. The fourth-order valence-electron chi connectivity index (χ4n) is 1.72. The summed E-state index contributed by atoms with van der Waals surface area (Å²) in [6.07, 6.45) is 0. The van der Waals surface area contributed by atoms with Crippen molar-refractivity contribution in [2.24, 2.45) is 0 Å². The van der Waals surface area contributed by atoms with Gasteiger partial charge in [-0.2, -0.15) is 0 Å². The van der Waals surface area contributed by atoms with Crippen LogP contribution in [0.3, 0.4) is 0 Å². The van der Waals surface area contributed by atoms with Gasteiger partial charge in [-0.05, 0) is 13.8 Å². The van der Waals surface area contributed by atoms with Crippen molar-refractivity contribution in [3.05, 3.63) is 0 Å². The summed E-state index contributed by atoms with van der Waals surface area (Å²) in [4.78, 5) is 12.8. The number of nitrogens with one attached hydrogen (secondary N) is 1. The predicted molar refractivity (Wildman–Crippen MR) is 65.9 cm³/mol. The lowest BCUT2D eigenvalue weighted by atomic mass is 10.3. The maximum atomic E-state index is 11.7. The van der Waals surface area contributed by atoms with E-state index in [1.165, 1.54) is 0 Å². The Morgan fingerprint density at radius 3 is 2.44 bits per heavy atom. The molecule has 1 saturated heterocycles. The Balaban J connectivity index is 2.48. The number of aliphatic carboxylic acids is 1. The number of hydrogen-bond acceptors (Lipinski definition) is 5. The minimum absolute atomic E-state index is 0.324. The number of carboxylic acid groups (broad SMARTS) is 1. The van der Waals surface area contributed by atoms with Crippen LogP contribution < -0.4 is 4.72 Å². The Labute approximate surface area is 107 Å². The summed E-state index contributed by atoms with van der Waals surface area (Å²) in [7, 11) is -3.82. The zero-order valence-electron chi connectivity index (χ0n) is 10.6. The first-order valence-electron chi connectivity index (χ1n) is 5.87. The Kier molecular flexibility index (Phi) is 5.51. The van der Waals surface area contributed by atoms with Crippen molar-refractivity contribution in [1.29, 1.82) is 0 Å². The largest absolute Gasteiger partial charge is 0.480 e. The smallest absolute Gasteiger partial charge is 0.323 e. The highest BCUT2D eigenvalue weighted by Gasteiger charge is 2.29. The lowest BCUT2D eigenvalue weighted by Gasteiger charge is -2.29. The van der Waals surface area contributed by atoms with Gasteiger partial charge < -0.3 is 9.84 Å². The molecule has 1 fully saturated rings. The number of rotatable bonds is 6. The third-order valence-corrected chi connectivity index (χ3v) is 4.68. The second-order valence-corrected chi connectivity index (χ2v) is 6.49. The van der Waals surface area contributed by atoms with Gasteiger partial charge in [0.05, 0.1) is 13.2 Å². The average Bonchev–Trinajstić information content (AvgIpc) is 2.28. The van der Waals surface area contributed by atoms with Crippen LogP contribution in [0.25, 0.3) is 0 Å². The van der Waals surface area contributed by atoms with E-state index in [1.807, 2.05) is 0 Å². The molecule has 0 radical (unpaired) electrons. The van der Waals surface area contributed by atoms with Gasteiger partial charge in [-0.15, -0.1) is 0 Å². The Bertz CT molecular complexity index is 378. The number of carboxylic acids is 1. The number of sulfonamides is 1. The zero-order chi connectivity index (χ0) is 13.8. The molecule has 1 rings (SSSR count). The minimum Gasteiger partial charge on any atom is -0.480 e. The standard InChI is InChI=1S/C10H20N2O5S/c1-8(7-12-3-5-17-6-4-12)11-18(15,16)9(2)10(13)14/h8-9,11H,3-7H2,1-2H3,(H,13,14). The molecule has 0 spiro atoms. The lowest BCUT2D eigenvalue weighted by molar-refractivity contribution is -0.136. The Morgan fingerprint density at radius 2 is 1.94 bits per heavy atom. The first kappa shape index (κ1) is 15.4.